The molecule has 2 N–H and O–H groups in total. The van der Waals surface area contributed by atoms with Crippen molar-refractivity contribution in [3.05, 3.63) is 28.2 Å². The van der Waals surface area contributed by atoms with E-state index in [-0.39, 0.29) is 17.7 Å². The minimum absolute atomic E-state index is 0.124. The quantitative estimate of drug-likeness (QED) is 0.818. The number of ether oxygens (including phenoxy) is 1. The lowest BCUT2D eigenvalue weighted by Gasteiger charge is -2.19. The van der Waals surface area contributed by atoms with Crippen LogP contribution in [0, 0.1) is 0 Å². The Morgan fingerprint density at radius 2 is 2.10 bits per heavy atom. The highest BCUT2D eigenvalue weighted by Gasteiger charge is 2.12. The molecule has 0 aliphatic heterocycles. The molecule has 1 aromatic carbocycles. The van der Waals surface area contributed by atoms with Gasteiger partial charge in [-0.2, -0.15) is 0 Å². The molecule has 1 aromatic rings. The van der Waals surface area contributed by atoms with Crippen molar-refractivity contribution in [2.24, 2.45) is 0 Å². The first-order valence-electron chi connectivity index (χ1n) is 6.47. The molecule has 21 heavy (non-hydrogen) atoms. The topological polar surface area (TPSA) is 78.9 Å². The van der Waals surface area contributed by atoms with Crippen LogP contribution >= 0.6 is 15.9 Å². The predicted octanol–water partition coefficient (Wildman–Crippen LogP) is 3.04. The third-order valence-corrected chi connectivity index (χ3v) is 3.34. The average Bonchev–Trinajstić information content (AvgIpc) is 2.40. The number of aromatic carboxylic acids is 1. The van der Waals surface area contributed by atoms with Crippen molar-refractivity contribution < 1.29 is 19.4 Å². The third kappa shape index (κ3) is 5.73. The van der Waals surface area contributed by atoms with Crippen LogP contribution in [0.1, 0.15) is 24.2 Å². The summed E-state index contributed by atoms with van der Waals surface area (Å²) in [5, 5.41) is 11.6. The molecular weight excluding hydrogens is 340 g/mol. The average molecular weight is 359 g/mol. The van der Waals surface area contributed by atoms with E-state index in [2.05, 4.69) is 21.2 Å². The number of benzene rings is 1. The van der Waals surface area contributed by atoms with Gasteiger partial charge in [-0.25, -0.2) is 9.59 Å². The number of carboxylic acids is 1. The molecule has 0 spiro atoms. The van der Waals surface area contributed by atoms with Crippen molar-refractivity contribution in [2.45, 2.75) is 20.0 Å². The number of hydrogen-bond acceptors (Lipinski definition) is 3. The summed E-state index contributed by atoms with van der Waals surface area (Å²) < 4.78 is 5.90. The SMILES string of the molecule is CC(C)OCCN(C)C(=O)Nc1ccc(C(=O)O)cc1Br. The summed E-state index contributed by atoms with van der Waals surface area (Å²) in [6, 6.07) is 4.14. The van der Waals surface area contributed by atoms with Crippen molar-refractivity contribution >= 4 is 33.6 Å². The lowest BCUT2D eigenvalue weighted by atomic mass is 10.2. The molecule has 0 unspecified atom stereocenters. The highest BCUT2D eigenvalue weighted by molar-refractivity contribution is 9.10. The normalized spacial score (nSPS) is 10.5. The van der Waals surface area contributed by atoms with E-state index < -0.39 is 5.97 Å². The highest BCUT2D eigenvalue weighted by atomic mass is 79.9. The highest BCUT2D eigenvalue weighted by Crippen LogP contribution is 2.24. The van der Waals surface area contributed by atoms with Crippen LogP contribution < -0.4 is 5.32 Å². The van der Waals surface area contributed by atoms with Gasteiger partial charge >= 0.3 is 12.0 Å². The summed E-state index contributed by atoms with van der Waals surface area (Å²) in [6.07, 6.45) is 0.124. The number of carbonyl (C=O) groups excluding carboxylic acids is 1. The third-order valence-electron chi connectivity index (χ3n) is 2.68. The number of amides is 2. The number of urea groups is 1. The van der Waals surface area contributed by atoms with Crippen molar-refractivity contribution in [3.63, 3.8) is 0 Å². The van der Waals surface area contributed by atoms with Crippen molar-refractivity contribution in [2.75, 3.05) is 25.5 Å². The molecule has 0 fully saturated rings. The van der Waals surface area contributed by atoms with E-state index in [1.807, 2.05) is 13.8 Å². The van der Waals surface area contributed by atoms with Crippen molar-refractivity contribution in [3.8, 4) is 0 Å². The number of hydrogen-bond donors (Lipinski definition) is 2. The van der Waals surface area contributed by atoms with Gasteiger partial charge in [0.05, 0.1) is 24.0 Å². The van der Waals surface area contributed by atoms with Gasteiger partial charge in [0.2, 0.25) is 0 Å². The molecule has 0 saturated heterocycles. The second-order valence-corrected chi connectivity index (χ2v) is 5.63. The molecule has 116 valence electrons. The van der Waals surface area contributed by atoms with E-state index in [1.54, 1.807) is 13.1 Å². The Kier molecular flexibility index (Phi) is 6.64. The number of likely N-dealkylation sites (N-methyl/N-ethyl adjacent to an activating group) is 1. The Balaban J connectivity index is 2.60. The van der Waals surface area contributed by atoms with Crippen LogP contribution in [0.3, 0.4) is 0 Å². The zero-order valence-corrected chi connectivity index (χ0v) is 13.8. The molecule has 0 aromatic heterocycles. The van der Waals surface area contributed by atoms with E-state index in [0.717, 1.165) is 0 Å². The first-order chi connectivity index (χ1) is 9.81. The van der Waals surface area contributed by atoms with Crippen LogP contribution in [0.25, 0.3) is 0 Å². The van der Waals surface area contributed by atoms with Gasteiger partial charge in [0.1, 0.15) is 0 Å². The maximum atomic E-state index is 12.0. The minimum atomic E-state index is -1.02. The summed E-state index contributed by atoms with van der Waals surface area (Å²) in [4.78, 5) is 24.3. The van der Waals surface area contributed by atoms with Crippen LogP contribution in [-0.2, 0) is 4.74 Å². The van der Waals surface area contributed by atoms with Crippen LogP contribution in [0.4, 0.5) is 10.5 Å². The number of carbonyl (C=O) groups is 2. The molecular formula is C14H19BrN2O4. The number of rotatable bonds is 6. The number of anilines is 1. The van der Waals surface area contributed by atoms with E-state index in [0.29, 0.717) is 23.3 Å². The molecule has 0 bridgehead atoms. The molecule has 0 saturated carbocycles. The van der Waals surface area contributed by atoms with Gasteiger partial charge < -0.3 is 20.1 Å². The monoisotopic (exact) mass is 358 g/mol. The molecule has 6 nitrogen and oxygen atoms in total. The molecule has 7 heteroatoms. The van der Waals surface area contributed by atoms with E-state index in [9.17, 15) is 9.59 Å². The number of halogens is 1. The second kappa shape index (κ2) is 7.99. The Morgan fingerprint density at radius 1 is 1.43 bits per heavy atom. The fourth-order valence-corrected chi connectivity index (χ4v) is 1.96. The maximum Gasteiger partial charge on any atom is 0.335 e. The largest absolute Gasteiger partial charge is 0.478 e. The van der Waals surface area contributed by atoms with Gasteiger partial charge in [0.25, 0.3) is 0 Å². The predicted molar refractivity (Wildman–Crippen MR) is 83.8 cm³/mol. The van der Waals surface area contributed by atoms with E-state index >= 15 is 0 Å². The maximum absolute atomic E-state index is 12.0. The number of carboxylic acid groups (broad SMARTS) is 1. The molecule has 0 heterocycles. The Bertz CT molecular complexity index is 520. The van der Waals surface area contributed by atoms with Crippen LogP contribution in [0.15, 0.2) is 22.7 Å². The van der Waals surface area contributed by atoms with Gasteiger partial charge in [-0.15, -0.1) is 0 Å². The van der Waals surface area contributed by atoms with Gasteiger partial charge in [0.15, 0.2) is 0 Å². The summed E-state index contributed by atoms with van der Waals surface area (Å²) in [5.74, 6) is -1.02. The smallest absolute Gasteiger partial charge is 0.335 e. The fourth-order valence-electron chi connectivity index (χ4n) is 1.49. The molecule has 0 radical (unpaired) electrons. The van der Waals surface area contributed by atoms with Gasteiger partial charge in [0, 0.05) is 18.1 Å². The van der Waals surface area contributed by atoms with E-state index in [4.69, 9.17) is 9.84 Å². The molecule has 0 aliphatic rings. The van der Waals surface area contributed by atoms with Crippen molar-refractivity contribution in [1.29, 1.82) is 0 Å². The second-order valence-electron chi connectivity index (χ2n) is 4.77. The Labute approximate surface area is 132 Å². The van der Waals surface area contributed by atoms with Gasteiger partial charge in [-0.1, -0.05) is 0 Å². The number of nitrogens with one attached hydrogen (secondary N) is 1. The van der Waals surface area contributed by atoms with Gasteiger partial charge in [-0.05, 0) is 48.0 Å². The molecule has 2 amide bonds. The summed E-state index contributed by atoms with van der Waals surface area (Å²) in [6.45, 7) is 4.79. The zero-order valence-electron chi connectivity index (χ0n) is 12.2. The van der Waals surface area contributed by atoms with Crippen LogP contribution in [0.2, 0.25) is 0 Å². The molecule has 0 aliphatic carbocycles. The first kappa shape index (κ1) is 17.5. The minimum Gasteiger partial charge on any atom is -0.478 e. The Morgan fingerprint density at radius 3 is 2.62 bits per heavy atom. The van der Waals surface area contributed by atoms with Crippen molar-refractivity contribution in [1.82, 2.24) is 4.90 Å². The lowest BCUT2D eigenvalue weighted by Crippen LogP contribution is -2.34. The Hall–Kier alpha value is -1.60. The van der Waals surface area contributed by atoms with Crippen LogP contribution in [-0.4, -0.2) is 48.3 Å². The molecule has 1 rings (SSSR count). The van der Waals surface area contributed by atoms with E-state index in [1.165, 1.54) is 17.0 Å². The summed E-state index contributed by atoms with van der Waals surface area (Å²) >= 11 is 3.24. The molecule has 0 atom stereocenters. The zero-order chi connectivity index (χ0) is 16.0. The van der Waals surface area contributed by atoms with Crippen LogP contribution in [0.5, 0.6) is 0 Å². The lowest BCUT2D eigenvalue weighted by molar-refractivity contribution is 0.0689. The fraction of sp³-hybridized carbons (Fsp3) is 0.429. The summed E-state index contributed by atoms with van der Waals surface area (Å²) in [5.41, 5.74) is 0.667. The number of nitrogens with zero attached hydrogens (tertiary/aromatic N) is 1. The summed E-state index contributed by atoms with van der Waals surface area (Å²) in [7, 11) is 1.67. The van der Waals surface area contributed by atoms with Gasteiger partial charge in [-0.3, -0.25) is 0 Å². The standard InChI is InChI=1S/C14H19BrN2O4/c1-9(2)21-7-6-17(3)14(20)16-12-5-4-10(13(18)19)8-11(12)15/h4-5,8-9H,6-7H2,1-3H3,(H,16,20)(H,18,19). The first-order valence-corrected chi connectivity index (χ1v) is 7.27.